The van der Waals surface area contributed by atoms with Crippen LogP contribution in [0.5, 0.6) is 0 Å². The van der Waals surface area contributed by atoms with E-state index in [-0.39, 0.29) is 6.61 Å². The van der Waals surface area contributed by atoms with E-state index in [4.69, 9.17) is 9.84 Å². The average Bonchev–Trinajstić information content (AvgIpc) is 2.73. The van der Waals surface area contributed by atoms with E-state index in [1.807, 2.05) is 22.6 Å². The van der Waals surface area contributed by atoms with E-state index < -0.39 is 17.8 Å². The Morgan fingerprint density at radius 1 is 1.48 bits per heavy atom. The Balaban J connectivity index is 2.51. The molecular formula is C14H17IN2O4. The van der Waals surface area contributed by atoms with Crippen molar-refractivity contribution in [3.63, 3.8) is 0 Å². The first-order valence-electron chi connectivity index (χ1n) is 6.43. The molecule has 0 spiro atoms. The largest absolute Gasteiger partial charge is 0.442 e. The molecule has 0 bridgehead atoms. The monoisotopic (exact) mass is 404 g/mol. The van der Waals surface area contributed by atoms with Gasteiger partial charge in [-0.25, -0.2) is 4.79 Å². The molecule has 6 nitrogen and oxygen atoms in total. The minimum Gasteiger partial charge on any atom is -0.442 e. The smallest absolute Gasteiger partial charge is 0.435 e. The van der Waals surface area contributed by atoms with Crippen molar-refractivity contribution in [3.8, 4) is 0 Å². The third-order valence-electron chi connectivity index (χ3n) is 2.78. The minimum absolute atomic E-state index is 0.386. The standard InChI is InChI=1S/C14H17IN2O4/c1-14(2,3)21-13(20)17-10-6-8(11(19)7-18)4-5-9(10)12(15)16-17/h4-6,11,18-19H,7H2,1-3H3/t11-/m1/s1. The number of hydrogen-bond donors (Lipinski definition) is 2. The summed E-state index contributed by atoms with van der Waals surface area (Å²) in [4.78, 5) is 12.2. The van der Waals surface area contributed by atoms with Crippen LogP contribution in [0.25, 0.3) is 10.9 Å². The molecule has 0 radical (unpaired) electrons. The molecule has 1 aromatic heterocycles. The van der Waals surface area contributed by atoms with Gasteiger partial charge in [0.2, 0.25) is 0 Å². The lowest BCUT2D eigenvalue weighted by Crippen LogP contribution is -2.27. The predicted octanol–water partition coefficient (Wildman–Crippen LogP) is 2.45. The molecule has 1 aromatic carbocycles. The lowest BCUT2D eigenvalue weighted by Gasteiger charge is -2.19. The molecule has 0 unspecified atom stereocenters. The quantitative estimate of drug-likeness (QED) is 0.752. The van der Waals surface area contributed by atoms with Gasteiger partial charge in [0.05, 0.1) is 12.1 Å². The molecule has 2 N–H and O–H groups in total. The van der Waals surface area contributed by atoms with Crippen molar-refractivity contribution in [3.05, 3.63) is 27.5 Å². The molecule has 114 valence electrons. The summed E-state index contributed by atoms with van der Waals surface area (Å²) >= 11 is 2.04. The molecule has 0 aliphatic heterocycles. The zero-order valence-corrected chi connectivity index (χ0v) is 14.2. The number of benzene rings is 1. The molecule has 0 saturated heterocycles. The first-order valence-corrected chi connectivity index (χ1v) is 7.51. The average molecular weight is 404 g/mol. The Bertz CT molecular complexity index is 675. The minimum atomic E-state index is -0.992. The third-order valence-corrected chi connectivity index (χ3v) is 3.58. The highest BCUT2D eigenvalue weighted by atomic mass is 127. The van der Waals surface area contributed by atoms with Crippen LogP contribution in [0.4, 0.5) is 4.79 Å². The predicted molar refractivity (Wildman–Crippen MR) is 86.1 cm³/mol. The van der Waals surface area contributed by atoms with Gasteiger partial charge in [-0.2, -0.15) is 9.78 Å². The summed E-state index contributed by atoms with van der Waals surface area (Å²) in [6.45, 7) is 4.96. The lowest BCUT2D eigenvalue weighted by atomic mass is 10.1. The van der Waals surface area contributed by atoms with Gasteiger partial charge in [-0.3, -0.25) is 0 Å². The SMILES string of the molecule is CC(C)(C)OC(=O)n1nc(I)c2ccc([C@H](O)CO)cc21. The summed E-state index contributed by atoms with van der Waals surface area (Å²) in [5, 5.41) is 23.7. The maximum absolute atomic E-state index is 12.2. The number of halogens is 1. The van der Waals surface area contributed by atoms with Crippen LogP contribution >= 0.6 is 22.6 Å². The Morgan fingerprint density at radius 2 is 2.14 bits per heavy atom. The van der Waals surface area contributed by atoms with Gasteiger partial charge in [0.1, 0.15) is 15.4 Å². The second kappa shape index (κ2) is 5.90. The molecule has 0 fully saturated rings. The number of nitrogens with zero attached hydrogens (tertiary/aromatic N) is 2. The molecule has 0 saturated carbocycles. The van der Waals surface area contributed by atoms with Crippen molar-refractivity contribution >= 4 is 39.6 Å². The van der Waals surface area contributed by atoms with Crippen LogP contribution < -0.4 is 0 Å². The summed E-state index contributed by atoms with van der Waals surface area (Å²) in [5.41, 5.74) is 0.438. The summed E-state index contributed by atoms with van der Waals surface area (Å²) in [5.74, 6) is 0. The van der Waals surface area contributed by atoms with E-state index >= 15 is 0 Å². The van der Waals surface area contributed by atoms with Crippen molar-refractivity contribution in [1.29, 1.82) is 0 Å². The van der Waals surface area contributed by atoms with Gasteiger partial charge in [0.25, 0.3) is 0 Å². The van der Waals surface area contributed by atoms with Crippen LogP contribution in [-0.4, -0.2) is 38.3 Å². The Hall–Kier alpha value is -1.19. The molecular weight excluding hydrogens is 387 g/mol. The highest BCUT2D eigenvalue weighted by Crippen LogP contribution is 2.25. The molecule has 1 heterocycles. The van der Waals surface area contributed by atoms with Crippen LogP contribution in [0.15, 0.2) is 18.2 Å². The molecule has 21 heavy (non-hydrogen) atoms. The number of hydrogen-bond acceptors (Lipinski definition) is 5. The van der Waals surface area contributed by atoms with Crippen LogP contribution in [0.1, 0.15) is 32.4 Å². The second-order valence-electron chi connectivity index (χ2n) is 5.66. The maximum Gasteiger partial charge on any atom is 0.435 e. The van der Waals surface area contributed by atoms with Gasteiger partial charge in [-0.15, -0.1) is 0 Å². The van der Waals surface area contributed by atoms with Crippen LogP contribution in [0, 0.1) is 3.70 Å². The van der Waals surface area contributed by atoms with Crippen LogP contribution in [0.3, 0.4) is 0 Å². The number of rotatable bonds is 2. The number of fused-ring (bicyclic) bond motifs is 1. The van der Waals surface area contributed by atoms with Crippen molar-refractivity contribution in [2.45, 2.75) is 32.5 Å². The number of ether oxygens (including phenoxy) is 1. The van der Waals surface area contributed by atoms with E-state index in [1.165, 1.54) is 4.68 Å². The van der Waals surface area contributed by atoms with Gasteiger partial charge in [-0.05, 0) is 61.1 Å². The number of aliphatic hydroxyl groups is 2. The topological polar surface area (TPSA) is 84.6 Å². The first-order chi connectivity index (χ1) is 9.73. The first kappa shape index (κ1) is 16.2. The van der Waals surface area contributed by atoms with E-state index in [9.17, 15) is 9.90 Å². The zero-order chi connectivity index (χ0) is 15.8. The fourth-order valence-electron chi connectivity index (χ4n) is 1.85. The third kappa shape index (κ3) is 3.53. The lowest BCUT2D eigenvalue weighted by molar-refractivity contribution is 0.0522. The highest BCUT2D eigenvalue weighted by molar-refractivity contribution is 14.1. The number of carbonyl (C=O) groups excluding carboxylic acids is 1. The highest BCUT2D eigenvalue weighted by Gasteiger charge is 2.22. The summed E-state index contributed by atoms with van der Waals surface area (Å²) in [7, 11) is 0. The molecule has 2 aromatic rings. The van der Waals surface area contributed by atoms with E-state index in [1.54, 1.807) is 39.0 Å². The Kier molecular flexibility index (Phi) is 4.54. The van der Waals surface area contributed by atoms with E-state index in [2.05, 4.69) is 5.10 Å². The second-order valence-corrected chi connectivity index (χ2v) is 6.68. The van der Waals surface area contributed by atoms with Gasteiger partial charge >= 0.3 is 6.09 Å². The molecule has 7 heteroatoms. The normalized spacial score (nSPS) is 13.4. The fourth-order valence-corrected chi connectivity index (χ4v) is 2.52. The van der Waals surface area contributed by atoms with Gasteiger partial charge in [0.15, 0.2) is 0 Å². The summed E-state index contributed by atoms with van der Waals surface area (Å²) in [6, 6.07) is 5.10. The fraction of sp³-hybridized carbons (Fsp3) is 0.429. The van der Waals surface area contributed by atoms with Crippen molar-refractivity contribution in [2.75, 3.05) is 6.61 Å². The summed E-state index contributed by atoms with van der Waals surface area (Å²) in [6.07, 6.45) is -1.57. The summed E-state index contributed by atoms with van der Waals surface area (Å²) < 4.78 is 7.16. The van der Waals surface area contributed by atoms with Gasteiger partial charge in [0, 0.05) is 5.39 Å². The molecule has 0 aliphatic carbocycles. The van der Waals surface area contributed by atoms with Gasteiger partial charge in [-0.1, -0.05) is 6.07 Å². The zero-order valence-electron chi connectivity index (χ0n) is 12.0. The van der Waals surface area contributed by atoms with Crippen molar-refractivity contribution < 1.29 is 19.7 Å². The number of aromatic nitrogens is 2. The number of carbonyl (C=O) groups is 1. The Morgan fingerprint density at radius 3 is 2.71 bits per heavy atom. The maximum atomic E-state index is 12.2. The Labute approximate surface area is 135 Å². The molecule has 0 aliphatic rings. The van der Waals surface area contributed by atoms with Crippen molar-refractivity contribution in [1.82, 2.24) is 9.78 Å². The van der Waals surface area contributed by atoms with E-state index in [0.717, 1.165) is 5.39 Å². The van der Waals surface area contributed by atoms with Crippen LogP contribution in [0.2, 0.25) is 0 Å². The van der Waals surface area contributed by atoms with Gasteiger partial charge < -0.3 is 14.9 Å². The van der Waals surface area contributed by atoms with E-state index in [0.29, 0.717) is 14.8 Å². The molecule has 1 atom stereocenters. The van der Waals surface area contributed by atoms with Crippen LogP contribution in [-0.2, 0) is 4.74 Å². The number of aliphatic hydroxyl groups excluding tert-OH is 2. The van der Waals surface area contributed by atoms with Crippen molar-refractivity contribution in [2.24, 2.45) is 0 Å². The molecule has 0 amide bonds. The molecule has 2 rings (SSSR count).